The molecule has 3 rings (SSSR count). The van der Waals surface area contributed by atoms with E-state index in [-0.39, 0.29) is 36.5 Å². The van der Waals surface area contributed by atoms with Crippen LogP contribution in [0.2, 0.25) is 0 Å². The number of nitrogens with one attached hydrogen (secondary N) is 3. The Morgan fingerprint density at radius 3 is 2.14 bits per heavy atom. The fraction of sp³-hybridized carbons (Fsp3) is 0.581. The van der Waals surface area contributed by atoms with E-state index in [1.807, 2.05) is 38.1 Å². The molecule has 1 aromatic carbocycles. The van der Waals surface area contributed by atoms with Crippen LogP contribution in [0, 0.1) is 12.3 Å². The van der Waals surface area contributed by atoms with Crippen LogP contribution >= 0.6 is 0 Å². The molecule has 12 heteroatoms. The molecule has 4 atom stereocenters. The van der Waals surface area contributed by atoms with Crippen molar-refractivity contribution < 1.29 is 37.9 Å². The van der Waals surface area contributed by atoms with Gasteiger partial charge in [-0.25, -0.2) is 0 Å². The molecule has 3 N–H and O–H groups in total. The van der Waals surface area contributed by atoms with E-state index in [1.54, 1.807) is 13.8 Å². The van der Waals surface area contributed by atoms with E-state index in [0.29, 0.717) is 11.5 Å². The number of carbonyl (C=O) groups excluding carboxylic acids is 4. The Bertz CT molecular complexity index is 1310. The average molecular weight is 601 g/mol. The van der Waals surface area contributed by atoms with Crippen LogP contribution in [0.25, 0.3) is 0 Å². The first-order chi connectivity index (χ1) is 20.0. The van der Waals surface area contributed by atoms with Gasteiger partial charge in [-0.15, -0.1) is 0 Å². The van der Waals surface area contributed by atoms with Crippen LogP contribution in [-0.2, 0) is 30.3 Å². The molecule has 1 saturated heterocycles. The zero-order valence-electron chi connectivity index (χ0n) is 26.5. The summed E-state index contributed by atoms with van der Waals surface area (Å²) in [5.41, 5.74) is -0.666. The van der Waals surface area contributed by atoms with Crippen molar-refractivity contribution >= 4 is 23.5 Å². The third kappa shape index (κ3) is 8.87. The molecular weight excluding hydrogens is 556 g/mol. The van der Waals surface area contributed by atoms with Crippen molar-refractivity contribution in [3.05, 3.63) is 47.3 Å². The van der Waals surface area contributed by atoms with Gasteiger partial charge in [-0.05, 0) is 58.7 Å². The summed E-state index contributed by atoms with van der Waals surface area (Å²) < 4.78 is 21.6. The summed E-state index contributed by atoms with van der Waals surface area (Å²) in [6, 6.07) is 5.79. The number of ketones is 1. The van der Waals surface area contributed by atoms with E-state index < -0.39 is 47.0 Å². The van der Waals surface area contributed by atoms with Gasteiger partial charge in [0.05, 0.1) is 19.3 Å². The molecule has 0 bridgehead atoms. The zero-order valence-corrected chi connectivity index (χ0v) is 26.5. The first-order valence-corrected chi connectivity index (χ1v) is 14.3. The van der Waals surface area contributed by atoms with Crippen molar-refractivity contribution in [2.24, 2.45) is 5.41 Å². The molecule has 12 nitrogen and oxygen atoms in total. The molecule has 2 heterocycles. The maximum absolute atomic E-state index is 13.3. The second-order valence-corrected chi connectivity index (χ2v) is 12.7. The fourth-order valence-electron chi connectivity index (χ4n) is 3.94. The van der Waals surface area contributed by atoms with Crippen molar-refractivity contribution in [2.45, 2.75) is 91.1 Å². The van der Waals surface area contributed by atoms with E-state index in [0.717, 1.165) is 5.56 Å². The Morgan fingerprint density at radius 1 is 1.00 bits per heavy atom. The average Bonchev–Trinajstić information content (AvgIpc) is 3.52. The van der Waals surface area contributed by atoms with Gasteiger partial charge in [0.1, 0.15) is 34.8 Å². The number of rotatable bonds is 14. The van der Waals surface area contributed by atoms with Crippen molar-refractivity contribution in [1.29, 1.82) is 0 Å². The van der Waals surface area contributed by atoms with Crippen LogP contribution in [0.4, 0.5) is 0 Å². The normalized spacial score (nSPS) is 18.6. The number of methoxy groups -OCH3 is 1. The number of hydrogen-bond donors (Lipinski definition) is 3. The molecule has 236 valence electrons. The summed E-state index contributed by atoms with van der Waals surface area (Å²) in [7, 11) is 1.38. The van der Waals surface area contributed by atoms with Gasteiger partial charge in [-0.1, -0.05) is 38.1 Å². The van der Waals surface area contributed by atoms with Gasteiger partial charge in [0.15, 0.2) is 11.5 Å². The van der Waals surface area contributed by atoms with Crippen LogP contribution in [0.5, 0.6) is 5.75 Å². The molecule has 0 saturated carbocycles. The Balaban J connectivity index is 1.66. The van der Waals surface area contributed by atoms with Crippen LogP contribution in [0.15, 0.2) is 34.9 Å². The lowest BCUT2D eigenvalue weighted by Crippen LogP contribution is -2.56. The van der Waals surface area contributed by atoms with Gasteiger partial charge in [-0.2, -0.15) is 0 Å². The fourth-order valence-corrected chi connectivity index (χ4v) is 3.94. The molecule has 3 amide bonds. The molecule has 2 aromatic rings. The quantitative estimate of drug-likeness (QED) is 0.277. The highest BCUT2D eigenvalue weighted by Crippen LogP contribution is 2.34. The highest BCUT2D eigenvalue weighted by atomic mass is 16.6. The summed E-state index contributed by atoms with van der Waals surface area (Å²) in [4.78, 5) is 51.9. The minimum Gasteiger partial charge on any atom is -0.487 e. The lowest BCUT2D eigenvalue weighted by atomic mass is 9.79. The molecule has 0 spiro atoms. The smallest absolute Gasteiger partial charge is 0.274 e. The SMILES string of the molecule is COC[C@H](NC(=O)c1cc(C)on1)C(=O)N[C@@H](C)C(=O)N[C@@H](Cc1ccc(OC(C)(C)C(C)(C)C)cc1)C(=O)[C@@]1(C)CO1. The number of epoxide rings is 1. The zero-order chi connectivity index (χ0) is 32.2. The Hall–Kier alpha value is -3.77. The van der Waals surface area contributed by atoms with Crippen molar-refractivity contribution in [1.82, 2.24) is 21.1 Å². The number of Topliss-reactive ketones (excluding diaryl/α,β-unsaturated/α-hetero) is 1. The largest absolute Gasteiger partial charge is 0.487 e. The number of amides is 3. The minimum absolute atomic E-state index is 0.00634. The standard InChI is InChI=1S/C31H44N4O8/c1-18-14-23(35-43-18)27(38)34-24(16-40-9)28(39)32-19(2)26(37)33-22(25(36)31(8)17-41-31)15-20-10-12-21(13-11-20)42-30(6,7)29(3,4)5/h10-14,19,22,24H,15-17H2,1-9H3,(H,32,39)(H,33,37)(H,34,38)/t19-,22-,24-,31+/m0/s1. The number of aryl methyl sites for hydroxylation is 1. The second-order valence-electron chi connectivity index (χ2n) is 12.7. The monoisotopic (exact) mass is 600 g/mol. The number of ether oxygens (including phenoxy) is 3. The van der Waals surface area contributed by atoms with E-state index in [4.69, 9.17) is 18.7 Å². The van der Waals surface area contributed by atoms with Gasteiger partial charge >= 0.3 is 0 Å². The van der Waals surface area contributed by atoms with E-state index in [9.17, 15) is 19.2 Å². The number of benzene rings is 1. The summed E-state index contributed by atoms with van der Waals surface area (Å²) in [6.45, 7) is 15.3. The van der Waals surface area contributed by atoms with E-state index in [2.05, 4.69) is 41.9 Å². The lowest BCUT2D eigenvalue weighted by Gasteiger charge is -2.39. The van der Waals surface area contributed by atoms with Crippen LogP contribution in [0.1, 0.15) is 70.3 Å². The van der Waals surface area contributed by atoms with Gasteiger partial charge < -0.3 is 34.7 Å². The lowest BCUT2D eigenvalue weighted by molar-refractivity contribution is -0.133. The number of nitrogens with zero attached hydrogens (tertiary/aromatic N) is 1. The molecule has 0 unspecified atom stereocenters. The highest BCUT2D eigenvalue weighted by Gasteiger charge is 2.50. The van der Waals surface area contributed by atoms with Crippen LogP contribution in [-0.4, -0.2) is 78.3 Å². The molecule has 1 aliphatic rings. The van der Waals surface area contributed by atoms with Crippen molar-refractivity contribution in [2.75, 3.05) is 20.3 Å². The van der Waals surface area contributed by atoms with Gasteiger partial charge in [0.25, 0.3) is 5.91 Å². The molecule has 0 aliphatic carbocycles. The predicted molar refractivity (Wildman–Crippen MR) is 158 cm³/mol. The van der Waals surface area contributed by atoms with Gasteiger partial charge in [-0.3, -0.25) is 19.2 Å². The molecule has 1 aromatic heterocycles. The highest BCUT2D eigenvalue weighted by molar-refractivity contribution is 5.99. The van der Waals surface area contributed by atoms with Crippen molar-refractivity contribution in [3.8, 4) is 5.75 Å². The topological polar surface area (TPSA) is 161 Å². The molecule has 1 fully saturated rings. The maximum Gasteiger partial charge on any atom is 0.274 e. The van der Waals surface area contributed by atoms with E-state index in [1.165, 1.54) is 20.1 Å². The Kier molecular flexibility index (Phi) is 10.4. The Labute approximate surface area is 252 Å². The Morgan fingerprint density at radius 2 is 1.63 bits per heavy atom. The summed E-state index contributed by atoms with van der Waals surface area (Å²) in [6.07, 6.45) is 0.215. The first-order valence-electron chi connectivity index (χ1n) is 14.3. The third-order valence-corrected chi connectivity index (χ3v) is 7.84. The molecule has 0 radical (unpaired) electrons. The van der Waals surface area contributed by atoms with Gasteiger partial charge in [0, 0.05) is 18.6 Å². The summed E-state index contributed by atoms with van der Waals surface area (Å²) >= 11 is 0. The molecular formula is C31H44N4O8. The van der Waals surface area contributed by atoms with E-state index >= 15 is 0 Å². The first kappa shape index (κ1) is 33.7. The predicted octanol–water partition coefficient (Wildman–Crippen LogP) is 2.52. The molecule has 1 aliphatic heterocycles. The maximum atomic E-state index is 13.3. The number of hydrogen-bond acceptors (Lipinski definition) is 9. The van der Waals surface area contributed by atoms with Crippen molar-refractivity contribution in [3.63, 3.8) is 0 Å². The van der Waals surface area contributed by atoms with Crippen LogP contribution in [0.3, 0.4) is 0 Å². The minimum atomic E-state index is -1.11. The number of aromatic nitrogens is 1. The van der Waals surface area contributed by atoms with Crippen LogP contribution < -0.4 is 20.7 Å². The third-order valence-electron chi connectivity index (χ3n) is 7.84. The summed E-state index contributed by atoms with van der Waals surface area (Å²) in [5.74, 6) is -0.981. The second kappa shape index (κ2) is 13.3. The number of carbonyl (C=O) groups is 4. The summed E-state index contributed by atoms with van der Waals surface area (Å²) in [5, 5.41) is 11.5. The molecule has 43 heavy (non-hydrogen) atoms. The van der Waals surface area contributed by atoms with Gasteiger partial charge in [0.2, 0.25) is 11.8 Å².